The Labute approximate surface area is 78.4 Å². The van der Waals surface area contributed by atoms with Gasteiger partial charge in [0.05, 0.1) is 4.92 Å². The fraction of sp³-hybridized carbons (Fsp3) is 0. The van der Waals surface area contributed by atoms with E-state index in [0.717, 1.165) is 0 Å². The van der Waals surface area contributed by atoms with Crippen LogP contribution in [0, 0.1) is 34.8 Å². The second-order valence-corrected chi connectivity index (χ2v) is 2.21. The molecule has 0 spiro atoms. The van der Waals surface area contributed by atoms with E-state index in [1.807, 2.05) is 12.8 Å². The Morgan fingerprint density at radius 1 is 1.46 bits per heavy atom. The average molecular weight is 175 g/mol. The molecule has 1 rings (SSSR count). The van der Waals surface area contributed by atoms with Crippen LogP contribution in [0.2, 0.25) is 0 Å². The van der Waals surface area contributed by atoms with Crippen molar-refractivity contribution in [1.82, 2.24) is 0 Å². The Morgan fingerprint density at radius 2 is 2.23 bits per heavy atom. The largest absolute Gasteiger partial charge is 0.286 e. The number of hydrogen-bond acceptors (Lipinski definition) is 2. The Balaban J connectivity index is 3.50. The highest BCUT2D eigenvalue weighted by atomic mass is 16.6. The quantitative estimate of drug-likeness (QED) is 0.369. The second kappa shape index (κ2) is 3.42. The van der Waals surface area contributed by atoms with Crippen LogP contribution in [0.25, 0.3) is 0 Å². The number of hydrogen-bond donors (Lipinski definition) is 0. The fourth-order valence-corrected chi connectivity index (χ4v) is 0.928. The van der Waals surface area contributed by atoms with Gasteiger partial charge in [-0.25, -0.2) is 0 Å². The molecule has 0 aliphatic heterocycles. The molecule has 3 heteroatoms. The van der Waals surface area contributed by atoms with Crippen LogP contribution >= 0.6 is 0 Å². The van der Waals surface area contributed by atoms with Gasteiger partial charge in [-0.05, 0) is 6.07 Å². The number of nitro groups is 1. The summed E-state index contributed by atoms with van der Waals surface area (Å²) < 4.78 is 13.4. The SMILES string of the molecule is [3H]C#Cc1cccc([N+](=O)[O-])c1C#C[3H]. The number of nitrogens with zero attached hydrogens (tertiary/aromatic N) is 1. The fourth-order valence-electron chi connectivity index (χ4n) is 0.928. The van der Waals surface area contributed by atoms with Crippen LogP contribution in [-0.2, 0) is 0 Å². The zero-order chi connectivity index (χ0) is 11.3. The van der Waals surface area contributed by atoms with E-state index in [-0.39, 0.29) is 11.3 Å². The van der Waals surface area contributed by atoms with Gasteiger partial charge in [0.25, 0.3) is 5.69 Å². The molecule has 0 fully saturated rings. The lowest BCUT2D eigenvalue weighted by atomic mass is 10.1. The number of terminal acetylenes is 2. The zero-order valence-corrected chi connectivity index (χ0v) is 6.50. The van der Waals surface area contributed by atoms with Crippen molar-refractivity contribution in [3.05, 3.63) is 39.4 Å². The van der Waals surface area contributed by atoms with Gasteiger partial charge < -0.3 is 0 Å². The molecule has 3 nitrogen and oxygen atoms in total. The van der Waals surface area contributed by atoms with Crippen LogP contribution in [0.15, 0.2) is 18.2 Å². The summed E-state index contributed by atoms with van der Waals surface area (Å²) in [4.78, 5) is 10.0. The van der Waals surface area contributed by atoms with Crippen molar-refractivity contribution in [2.24, 2.45) is 0 Å². The van der Waals surface area contributed by atoms with Crippen LogP contribution in [0.5, 0.6) is 0 Å². The molecular formula is C10H5NO2. The predicted molar refractivity (Wildman–Crippen MR) is 49.0 cm³/mol. The van der Waals surface area contributed by atoms with Crippen molar-refractivity contribution >= 4 is 5.69 Å². The molecular weight excluding hydrogens is 166 g/mol. The third kappa shape index (κ3) is 1.50. The number of rotatable bonds is 1. The molecule has 0 radical (unpaired) electrons. The molecule has 13 heavy (non-hydrogen) atoms. The molecule has 0 saturated heterocycles. The van der Waals surface area contributed by atoms with E-state index >= 15 is 0 Å². The molecule has 0 heterocycles. The first-order valence-electron chi connectivity index (χ1n) is 4.33. The van der Waals surface area contributed by atoms with Gasteiger partial charge in [-0.2, -0.15) is 0 Å². The second-order valence-electron chi connectivity index (χ2n) is 2.21. The van der Waals surface area contributed by atoms with Crippen LogP contribution in [0.1, 0.15) is 13.9 Å². The normalized spacial score (nSPS) is 9.54. The molecule has 62 valence electrons. The van der Waals surface area contributed by atoms with Gasteiger partial charge in [0, 0.05) is 11.6 Å². The van der Waals surface area contributed by atoms with E-state index in [4.69, 9.17) is 2.74 Å². The van der Waals surface area contributed by atoms with Gasteiger partial charge in [0.2, 0.25) is 0 Å². The lowest BCUT2D eigenvalue weighted by Gasteiger charge is -1.97. The van der Waals surface area contributed by atoms with Gasteiger partial charge in [0.1, 0.15) is 8.30 Å². The topological polar surface area (TPSA) is 43.1 Å². The van der Waals surface area contributed by atoms with Crippen LogP contribution < -0.4 is 0 Å². The van der Waals surface area contributed by atoms with Gasteiger partial charge in [-0.1, -0.05) is 17.9 Å². The minimum Gasteiger partial charge on any atom is -0.258 e. The van der Waals surface area contributed by atoms with E-state index in [1.54, 1.807) is 0 Å². The molecule has 0 atom stereocenters. The van der Waals surface area contributed by atoms with E-state index in [2.05, 4.69) is 11.8 Å². The summed E-state index contributed by atoms with van der Waals surface area (Å²) in [5.41, 5.74) is 0.172. The Hall–Kier alpha value is -2.26. The average Bonchev–Trinajstić information content (AvgIpc) is 2.21. The summed E-state index contributed by atoms with van der Waals surface area (Å²) in [7, 11) is 0. The summed E-state index contributed by atoms with van der Waals surface area (Å²) >= 11 is 0. The van der Waals surface area contributed by atoms with Crippen molar-refractivity contribution in [3.63, 3.8) is 0 Å². The van der Waals surface area contributed by atoms with Crippen molar-refractivity contribution in [3.8, 4) is 24.6 Å². The molecule has 0 aromatic heterocycles. The highest BCUT2D eigenvalue weighted by molar-refractivity contribution is 5.59. The first kappa shape index (κ1) is 6.28. The summed E-state index contributed by atoms with van der Waals surface area (Å²) in [6, 6.07) is 4.27. The van der Waals surface area contributed by atoms with E-state index in [9.17, 15) is 10.1 Å². The highest BCUT2D eigenvalue weighted by Crippen LogP contribution is 2.20. The smallest absolute Gasteiger partial charge is 0.258 e. The molecule has 0 aliphatic rings. The maximum Gasteiger partial charge on any atom is 0.286 e. The van der Waals surface area contributed by atoms with Crippen LogP contribution in [-0.4, -0.2) is 4.92 Å². The van der Waals surface area contributed by atoms with Crippen molar-refractivity contribution in [1.29, 1.82) is 0 Å². The molecule has 0 saturated carbocycles. The molecule has 0 N–H and O–H groups in total. The minimum atomic E-state index is -0.588. The molecule has 0 bridgehead atoms. The van der Waals surface area contributed by atoms with Crippen LogP contribution in [0.4, 0.5) is 5.69 Å². The third-order valence-electron chi connectivity index (χ3n) is 1.50. The predicted octanol–water partition coefficient (Wildman–Crippen LogP) is 1.56. The zero-order valence-electron chi connectivity index (χ0n) is 8.50. The van der Waals surface area contributed by atoms with Gasteiger partial charge in [-0.15, -0.1) is 12.8 Å². The standard InChI is InChI=1S/C10H5NO2/c1-3-8-6-5-7-10(11(12)13)9(8)4-2/h1-2,5-7H/i1T,2T. The van der Waals surface area contributed by atoms with Gasteiger partial charge in [-0.3, -0.25) is 10.1 Å². The molecule has 0 aliphatic carbocycles. The maximum atomic E-state index is 10.6. The van der Waals surface area contributed by atoms with E-state index in [1.165, 1.54) is 18.2 Å². The highest BCUT2D eigenvalue weighted by Gasteiger charge is 2.13. The van der Waals surface area contributed by atoms with Crippen LogP contribution in [0.3, 0.4) is 0 Å². The first-order valence-corrected chi connectivity index (χ1v) is 3.33. The summed E-state index contributed by atoms with van der Waals surface area (Å²) in [5.74, 6) is 4.68. The monoisotopic (exact) mass is 175 g/mol. The van der Waals surface area contributed by atoms with Gasteiger partial charge >= 0.3 is 0 Å². The molecule has 1 aromatic rings. The Morgan fingerprint density at radius 3 is 2.85 bits per heavy atom. The van der Waals surface area contributed by atoms with Gasteiger partial charge in [0.15, 0.2) is 0 Å². The Kier molecular flexibility index (Phi) is 1.65. The Bertz CT molecular complexity index is 518. The summed E-state index contributed by atoms with van der Waals surface area (Å²) in [6.45, 7) is 0. The number of benzene rings is 1. The first-order chi connectivity index (χ1) is 7.20. The molecule has 0 unspecified atom stereocenters. The summed E-state index contributed by atoms with van der Waals surface area (Å²) in [5, 5.41) is 10.6. The van der Waals surface area contributed by atoms with Crippen molar-refractivity contribution in [2.75, 3.05) is 0 Å². The van der Waals surface area contributed by atoms with E-state index in [0.29, 0.717) is 5.56 Å². The van der Waals surface area contributed by atoms with Crippen molar-refractivity contribution < 1.29 is 7.66 Å². The summed E-state index contributed by atoms with van der Waals surface area (Å²) in [6.07, 6.45) is 3.74. The maximum absolute atomic E-state index is 10.6. The minimum absolute atomic E-state index is 0.0808. The lowest BCUT2D eigenvalue weighted by Crippen LogP contribution is -1.94. The number of nitro benzene ring substituents is 1. The third-order valence-corrected chi connectivity index (χ3v) is 1.50. The van der Waals surface area contributed by atoms with Crippen molar-refractivity contribution in [2.45, 2.75) is 0 Å². The molecule has 1 aromatic carbocycles. The lowest BCUT2D eigenvalue weighted by molar-refractivity contribution is -0.385. The van der Waals surface area contributed by atoms with E-state index < -0.39 is 4.92 Å². The molecule has 0 amide bonds.